The zero-order valence-electron chi connectivity index (χ0n) is 29.1. The van der Waals surface area contributed by atoms with Crippen molar-refractivity contribution in [1.82, 2.24) is 15.0 Å². The number of aromatic nitrogens is 3. The van der Waals surface area contributed by atoms with Crippen molar-refractivity contribution in [1.29, 1.82) is 0 Å². The fourth-order valence-corrected chi connectivity index (χ4v) is 7.16. The van der Waals surface area contributed by atoms with E-state index in [1.54, 1.807) is 12.1 Å². The van der Waals surface area contributed by atoms with E-state index < -0.39 is 67.9 Å². The van der Waals surface area contributed by atoms with Crippen molar-refractivity contribution in [3.8, 4) is 5.75 Å². The van der Waals surface area contributed by atoms with Crippen LogP contribution in [0.3, 0.4) is 0 Å². The van der Waals surface area contributed by atoms with E-state index in [4.69, 9.17) is 17.3 Å². The largest absolute Gasteiger partial charge is 0.505 e. The van der Waals surface area contributed by atoms with Gasteiger partial charge in [0.25, 0.3) is 30.4 Å². The maximum atomic E-state index is 12.4. The van der Waals surface area contributed by atoms with Gasteiger partial charge in [-0.3, -0.25) is 13.7 Å². The van der Waals surface area contributed by atoms with Gasteiger partial charge in [0.1, 0.15) is 26.9 Å². The molecule has 8 N–H and O–H groups in total. The number of halogens is 1. The summed E-state index contributed by atoms with van der Waals surface area (Å²) in [7, 11) is -14.4. The first-order valence-corrected chi connectivity index (χ1v) is 20.5. The number of rotatable bonds is 11. The molecule has 6 aromatic rings. The molecule has 0 spiro atoms. The maximum absolute atomic E-state index is 12.4. The molecule has 57 heavy (non-hydrogen) atoms. The molecular formula is C33H27ClN10O10S3. The fourth-order valence-electron chi connectivity index (χ4n) is 5.24. The predicted molar refractivity (Wildman–Crippen MR) is 208 cm³/mol. The van der Waals surface area contributed by atoms with Crippen molar-refractivity contribution in [2.75, 3.05) is 16.4 Å². The second kappa shape index (κ2) is 15.4. The van der Waals surface area contributed by atoms with Gasteiger partial charge in [0.05, 0.1) is 21.7 Å². The molecule has 1 heterocycles. The number of aryl methyl sites for hydroxylation is 2. The first kappa shape index (κ1) is 40.5. The first-order valence-electron chi connectivity index (χ1n) is 15.8. The van der Waals surface area contributed by atoms with E-state index in [-0.39, 0.29) is 50.6 Å². The van der Waals surface area contributed by atoms with Crippen molar-refractivity contribution in [3.05, 3.63) is 95.3 Å². The Labute approximate surface area is 328 Å². The summed E-state index contributed by atoms with van der Waals surface area (Å²) in [6, 6.07) is 17.4. The summed E-state index contributed by atoms with van der Waals surface area (Å²) in [5.74, 6) is -0.642. The quantitative estimate of drug-likeness (QED) is 0.0374. The van der Waals surface area contributed by atoms with Gasteiger partial charge in [0.2, 0.25) is 17.2 Å². The van der Waals surface area contributed by atoms with Crippen molar-refractivity contribution in [3.63, 3.8) is 0 Å². The predicted octanol–water partition coefficient (Wildman–Crippen LogP) is 7.64. The van der Waals surface area contributed by atoms with Crippen molar-refractivity contribution >= 4 is 104 Å². The van der Waals surface area contributed by atoms with Crippen LogP contribution in [-0.4, -0.2) is 59.0 Å². The summed E-state index contributed by atoms with van der Waals surface area (Å²) in [5, 5.41) is 32.6. The van der Waals surface area contributed by atoms with Crippen LogP contribution in [-0.2, 0) is 30.4 Å². The molecule has 0 aliphatic carbocycles. The average molecular weight is 855 g/mol. The summed E-state index contributed by atoms with van der Waals surface area (Å²) in [4.78, 5) is 10.5. The van der Waals surface area contributed by atoms with Gasteiger partial charge in [-0.15, -0.1) is 15.3 Å². The smallest absolute Gasteiger partial charge is 0.296 e. The minimum Gasteiger partial charge on any atom is -0.505 e. The molecule has 0 saturated carbocycles. The average Bonchev–Trinajstić information content (AvgIpc) is 3.10. The molecular weight excluding hydrogens is 828 g/mol. The third-order valence-corrected chi connectivity index (χ3v) is 10.7. The van der Waals surface area contributed by atoms with Crippen LogP contribution in [0.2, 0.25) is 5.28 Å². The van der Waals surface area contributed by atoms with E-state index in [0.29, 0.717) is 5.69 Å². The zero-order chi connectivity index (χ0) is 41.4. The lowest BCUT2D eigenvalue weighted by molar-refractivity contribution is 0.480. The van der Waals surface area contributed by atoms with Crippen molar-refractivity contribution in [2.24, 2.45) is 20.5 Å². The van der Waals surface area contributed by atoms with Crippen molar-refractivity contribution in [2.45, 2.75) is 28.5 Å². The number of nitrogens with two attached hydrogens (primary N) is 1. The normalized spacial score (nSPS) is 12.5. The number of hydrogen-bond acceptors (Lipinski definition) is 17. The molecule has 0 unspecified atom stereocenters. The van der Waals surface area contributed by atoms with E-state index in [9.17, 15) is 44.0 Å². The summed E-state index contributed by atoms with van der Waals surface area (Å²) in [6.45, 7) is 3.38. The minimum absolute atomic E-state index is 0.00241. The van der Waals surface area contributed by atoms with Crippen LogP contribution in [0.5, 0.6) is 5.75 Å². The number of aromatic hydroxyl groups is 1. The lowest BCUT2D eigenvalue weighted by atomic mass is 10.0. The summed E-state index contributed by atoms with van der Waals surface area (Å²) in [6.07, 6.45) is 0. The van der Waals surface area contributed by atoms with Gasteiger partial charge in [-0.05, 0) is 103 Å². The molecule has 0 aliphatic rings. The fraction of sp³-hybridized carbons (Fsp3) is 0.0606. The Balaban J connectivity index is 1.39. The number of benzene rings is 5. The summed E-state index contributed by atoms with van der Waals surface area (Å²) >= 11 is 6.13. The van der Waals surface area contributed by atoms with E-state index in [0.717, 1.165) is 42.0 Å². The van der Waals surface area contributed by atoms with Crippen LogP contribution in [0.1, 0.15) is 11.1 Å². The summed E-state index contributed by atoms with van der Waals surface area (Å²) < 4.78 is 101. The van der Waals surface area contributed by atoms with Gasteiger partial charge < -0.3 is 21.5 Å². The number of hydrogen-bond donors (Lipinski definition) is 7. The molecule has 20 nitrogen and oxygen atoms in total. The Morgan fingerprint density at radius 3 is 1.82 bits per heavy atom. The van der Waals surface area contributed by atoms with Gasteiger partial charge >= 0.3 is 0 Å². The number of phenols is 1. The number of phenolic OH excluding ortho intramolecular Hbond substituents is 1. The Morgan fingerprint density at radius 1 is 0.649 bits per heavy atom. The first-order chi connectivity index (χ1) is 26.7. The molecule has 24 heteroatoms. The Kier molecular flexibility index (Phi) is 10.9. The Morgan fingerprint density at radius 2 is 1.23 bits per heavy atom. The number of azo groups is 2. The number of anilines is 5. The monoisotopic (exact) mass is 854 g/mol. The van der Waals surface area contributed by atoms with Gasteiger partial charge in [-0.2, -0.15) is 45.3 Å². The van der Waals surface area contributed by atoms with Crippen LogP contribution in [0, 0.1) is 13.8 Å². The number of nitrogen functional groups attached to an aromatic ring is 1. The lowest BCUT2D eigenvalue weighted by Crippen LogP contribution is -2.04. The van der Waals surface area contributed by atoms with E-state index >= 15 is 0 Å². The number of nitrogens with one attached hydrogen (secondary N) is 2. The van der Waals surface area contributed by atoms with Gasteiger partial charge in [0, 0.05) is 11.4 Å². The number of fused-ring (bicyclic) bond motifs is 1. The Bertz CT molecular complexity index is 2990. The highest BCUT2D eigenvalue weighted by Gasteiger charge is 2.25. The molecule has 1 aromatic heterocycles. The highest BCUT2D eigenvalue weighted by atomic mass is 35.5. The minimum atomic E-state index is -5.01. The zero-order valence-corrected chi connectivity index (χ0v) is 32.3. The topological polar surface area (TPSA) is 322 Å². The maximum Gasteiger partial charge on any atom is 0.296 e. The molecule has 0 amide bonds. The molecule has 294 valence electrons. The molecule has 0 fully saturated rings. The lowest BCUT2D eigenvalue weighted by Gasteiger charge is -2.14. The molecule has 0 radical (unpaired) electrons. The van der Waals surface area contributed by atoms with Crippen LogP contribution in [0.4, 0.5) is 51.7 Å². The van der Waals surface area contributed by atoms with Crippen LogP contribution >= 0.6 is 11.6 Å². The molecule has 5 aromatic carbocycles. The van der Waals surface area contributed by atoms with E-state index in [1.807, 2.05) is 19.1 Å². The van der Waals surface area contributed by atoms with E-state index in [2.05, 4.69) is 46.0 Å². The highest BCUT2D eigenvalue weighted by Crippen LogP contribution is 2.47. The van der Waals surface area contributed by atoms with Crippen LogP contribution in [0.15, 0.2) is 114 Å². The Hall–Kier alpha value is -6.21. The van der Waals surface area contributed by atoms with Gasteiger partial charge in [-0.1, -0.05) is 17.7 Å². The second-order valence-corrected chi connectivity index (χ2v) is 16.5. The molecule has 6 rings (SSSR count). The molecule has 0 saturated heterocycles. The standard InChI is InChI=1S/C33H27ClN10O10S3/c1-16-3-5-19(6-4-16)36-32-38-31(34)39-33(40-32)37-21-9-12-24(56(49,50)51)23(15-21)42-43-28-17(2)13-18-14-25(57(52,53)54)29(27(35)26(18)30(28)45)44-41-20-7-10-22(11-8-20)55(46,47)48/h3-15,45H,35H2,1-2H3,(H,46,47,48)(H,49,50,51)(H,52,53,54)(H2,36,37,38,39,40). The van der Waals surface area contributed by atoms with E-state index in [1.165, 1.54) is 25.1 Å². The van der Waals surface area contributed by atoms with Crippen molar-refractivity contribution < 1.29 is 44.0 Å². The van der Waals surface area contributed by atoms with Gasteiger partial charge in [-0.25, -0.2) is 0 Å². The van der Waals surface area contributed by atoms with Gasteiger partial charge in [0.15, 0.2) is 5.75 Å². The second-order valence-electron chi connectivity index (χ2n) is 12.0. The van der Waals surface area contributed by atoms with Crippen LogP contribution < -0.4 is 16.4 Å². The molecule has 0 bridgehead atoms. The third kappa shape index (κ3) is 9.26. The molecule has 0 atom stereocenters. The summed E-state index contributed by atoms with van der Waals surface area (Å²) in [5.41, 5.74) is 6.52. The third-order valence-electron chi connectivity index (χ3n) is 7.88. The highest BCUT2D eigenvalue weighted by molar-refractivity contribution is 7.86. The van der Waals surface area contributed by atoms with Crippen LogP contribution in [0.25, 0.3) is 10.8 Å². The molecule has 0 aliphatic heterocycles. The SMILES string of the molecule is Cc1ccc(Nc2nc(Cl)nc(Nc3ccc(S(=O)(=O)O)c(N=Nc4c(C)cc5cc(S(=O)(=O)O)c(N=Nc6ccc(S(=O)(=O)O)cc6)c(N)c5c4O)c3)n2)cc1. The number of nitrogens with zero attached hydrogens (tertiary/aromatic N) is 7.